The number of methoxy groups -OCH3 is 1. The molecule has 1 aromatic carbocycles. The Morgan fingerprint density at radius 3 is 2.95 bits per heavy atom. The van der Waals surface area contributed by atoms with Crippen molar-refractivity contribution in [1.29, 1.82) is 0 Å². The lowest BCUT2D eigenvalue weighted by molar-refractivity contribution is 0.414. The van der Waals surface area contributed by atoms with E-state index in [-0.39, 0.29) is 5.63 Å². The summed E-state index contributed by atoms with van der Waals surface area (Å²) in [5, 5.41) is 9.01. The van der Waals surface area contributed by atoms with Gasteiger partial charge in [-0.15, -0.1) is 10.2 Å². The lowest BCUT2D eigenvalue weighted by Gasteiger charge is -2.05. The van der Waals surface area contributed by atoms with Crippen LogP contribution in [0.4, 0.5) is 5.13 Å². The van der Waals surface area contributed by atoms with Crippen molar-refractivity contribution in [3.63, 3.8) is 0 Å². The molecule has 0 saturated carbocycles. The predicted molar refractivity (Wildman–Crippen MR) is 82.9 cm³/mol. The van der Waals surface area contributed by atoms with Crippen LogP contribution in [-0.2, 0) is 5.75 Å². The first-order chi connectivity index (χ1) is 10.2. The van der Waals surface area contributed by atoms with E-state index in [1.54, 1.807) is 13.2 Å². The van der Waals surface area contributed by atoms with Crippen molar-refractivity contribution in [2.75, 3.05) is 12.8 Å². The summed E-state index contributed by atoms with van der Waals surface area (Å²) in [7, 11) is 1.57. The maximum atomic E-state index is 11.7. The van der Waals surface area contributed by atoms with Crippen LogP contribution in [0.25, 0.3) is 11.0 Å². The molecule has 3 aromatic rings. The maximum Gasteiger partial charge on any atom is 0.336 e. The standard InChI is InChI=1S/C13H11N3O3S2/c1-18-8-2-3-9-7(4-11(17)19-10(9)5-8)6-20-13-16-15-12(14)21-13/h2-5H,6H2,1H3,(H2,14,15). The van der Waals surface area contributed by atoms with E-state index in [2.05, 4.69) is 10.2 Å². The molecule has 0 amide bonds. The summed E-state index contributed by atoms with van der Waals surface area (Å²) in [6.07, 6.45) is 0. The summed E-state index contributed by atoms with van der Waals surface area (Å²) in [5.41, 5.74) is 6.55. The fraction of sp³-hybridized carbons (Fsp3) is 0.154. The van der Waals surface area contributed by atoms with Crippen molar-refractivity contribution in [1.82, 2.24) is 10.2 Å². The van der Waals surface area contributed by atoms with Crippen LogP contribution in [0.1, 0.15) is 5.56 Å². The minimum absolute atomic E-state index is 0.386. The fourth-order valence-corrected chi connectivity index (χ4v) is 3.50. The second-order valence-electron chi connectivity index (χ2n) is 4.15. The van der Waals surface area contributed by atoms with Crippen LogP contribution in [-0.4, -0.2) is 17.3 Å². The molecule has 3 rings (SSSR count). The highest BCUT2D eigenvalue weighted by Crippen LogP contribution is 2.30. The Hall–Kier alpha value is -2.06. The molecule has 0 spiro atoms. The van der Waals surface area contributed by atoms with Crippen LogP contribution in [0.5, 0.6) is 5.75 Å². The summed E-state index contributed by atoms with van der Waals surface area (Å²) >= 11 is 2.80. The zero-order valence-electron chi connectivity index (χ0n) is 11.0. The van der Waals surface area contributed by atoms with Crippen LogP contribution in [0.15, 0.2) is 37.8 Å². The molecule has 2 heterocycles. The molecule has 2 N–H and O–H groups in total. The lowest BCUT2D eigenvalue weighted by Crippen LogP contribution is -2.00. The summed E-state index contributed by atoms with van der Waals surface area (Å²) in [5.74, 6) is 1.23. The van der Waals surface area contributed by atoms with Gasteiger partial charge in [0.25, 0.3) is 0 Å². The summed E-state index contributed by atoms with van der Waals surface area (Å²) < 4.78 is 11.1. The SMILES string of the molecule is COc1ccc2c(CSc3nnc(N)s3)cc(=O)oc2c1. The highest BCUT2D eigenvalue weighted by molar-refractivity contribution is 8.00. The molecule has 0 fully saturated rings. The van der Waals surface area contributed by atoms with Crippen molar-refractivity contribution in [2.24, 2.45) is 0 Å². The Morgan fingerprint density at radius 1 is 1.38 bits per heavy atom. The number of benzene rings is 1. The van der Waals surface area contributed by atoms with Crippen LogP contribution in [0.3, 0.4) is 0 Å². The second-order valence-corrected chi connectivity index (χ2v) is 6.38. The Balaban J connectivity index is 1.95. The molecule has 0 bridgehead atoms. The summed E-state index contributed by atoms with van der Waals surface area (Å²) in [6, 6.07) is 6.90. The van der Waals surface area contributed by atoms with Gasteiger partial charge in [-0.1, -0.05) is 23.1 Å². The molecule has 0 radical (unpaired) electrons. The molecule has 0 aliphatic carbocycles. The largest absolute Gasteiger partial charge is 0.497 e. The molecule has 2 aromatic heterocycles. The zero-order chi connectivity index (χ0) is 14.8. The van der Waals surface area contributed by atoms with E-state index >= 15 is 0 Å². The van der Waals surface area contributed by atoms with Gasteiger partial charge in [0.1, 0.15) is 11.3 Å². The monoisotopic (exact) mass is 321 g/mol. The van der Waals surface area contributed by atoms with E-state index in [1.165, 1.54) is 29.2 Å². The lowest BCUT2D eigenvalue weighted by atomic mass is 10.1. The first kappa shape index (κ1) is 13.9. The number of fused-ring (bicyclic) bond motifs is 1. The van der Waals surface area contributed by atoms with Crippen molar-refractivity contribution in [3.8, 4) is 5.75 Å². The van der Waals surface area contributed by atoms with E-state index in [0.29, 0.717) is 22.2 Å². The first-order valence-corrected chi connectivity index (χ1v) is 7.78. The molecule has 0 atom stereocenters. The number of thioether (sulfide) groups is 1. The van der Waals surface area contributed by atoms with Crippen LogP contribution < -0.4 is 16.1 Å². The van der Waals surface area contributed by atoms with E-state index in [0.717, 1.165) is 15.3 Å². The first-order valence-electron chi connectivity index (χ1n) is 5.98. The quantitative estimate of drug-likeness (QED) is 0.583. The summed E-state index contributed by atoms with van der Waals surface area (Å²) in [6.45, 7) is 0. The van der Waals surface area contributed by atoms with Gasteiger partial charge in [-0.25, -0.2) is 4.79 Å². The molecule has 21 heavy (non-hydrogen) atoms. The molecule has 108 valence electrons. The summed E-state index contributed by atoms with van der Waals surface area (Å²) in [4.78, 5) is 11.7. The predicted octanol–water partition coefficient (Wildman–Crippen LogP) is 2.53. The van der Waals surface area contributed by atoms with E-state index in [4.69, 9.17) is 14.9 Å². The molecular weight excluding hydrogens is 310 g/mol. The van der Waals surface area contributed by atoms with Crippen molar-refractivity contribution >= 4 is 39.2 Å². The van der Waals surface area contributed by atoms with Gasteiger partial charge >= 0.3 is 5.63 Å². The number of nitrogens with zero attached hydrogens (tertiary/aromatic N) is 2. The number of hydrogen-bond donors (Lipinski definition) is 1. The van der Waals surface area contributed by atoms with Gasteiger partial charge in [-0.05, 0) is 17.7 Å². The number of nitrogens with two attached hydrogens (primary N) is 1. The minimum Gasteiger partial charge on any atom is -0.497 e. The van der Waals surface area contributed by atoms with E-state index in [1.807, 2.05) is 12.1 Å². The van der Waals surface area contributed by atoms with Gasteiger partial charge in [0, 0.05) is 23.3 Å². The number of ether oxygens (including phenoxy) is 1. The van der Waals surface area contributed by atoms with Gasteiger partial charge in [0.2, 0.25) is 5.13 Å². The number of rotatable bonds is 4. The average Bonchev–Trinajstić information content (AvgIpc) is 2.89. The third-order valence-electron chi connectivity index (χ3n) is 2.81. The van der Waals surface area contributed by atoms with Crippen LogP contribution >= 0.6 is 23.1 Å². The normalized spacial score (nSPS) is 10.9. The van der Waals surface area contributed by atoms with Crippen molar-refractivity contribution in [2.45, 2.75) is 10.1 Å². The van der Waals surface area contributed by atoms with Crippen molar-refractivity contribution < 1.29 is 9.15 Å². The zero-order valence-corrected chi connectivity index (χ0v) is 12.7. The molecule has 0 unspecified atom stereocenters. The molecule has 8 heteroatoms. The maximum absolute atomic E-state index is 11.7. The van der Waals surface area contributed by atoms with Crippen LogP contribution in [0, 0.1) is 0 Å². The van der Waals surface area contributed by atoms with Gasteiger partial charge < -0.3 is 14.9 Å². The molecule has 0 saturated heterocycles. The molecule has 0 aliphatic heterocycles. The average molecular weight is 321 g/mol. The Kier molecular flexibility index (Phi) is 3.80. The number of aromatic nitrogens is 2. The fourth-order valence-electron chi connectivity index (χ4n) is 1.87. The number of hydrogen-bond acceptors (Lipinski definition) is 8. The van der Waals surface area contributed by atoms with Crippen molar-refractivity contribution in [3.05, 3.63) is 40.2 Å². The highest BCUT2D eigenvalue weighted by atomic mass is 32.2. The van der Waals surface area contributed by atoms with Gasteiger partial charge in [-0.2, -0.15) is 0 Å². The Morgan fingerprint density at radius 2 is 2.24 bits per heavy atom. The van der Waals surface area contributed by atoms with Crippen LogP contribution in [0.2, 0.25) is 0 Å². The van der Waals surface area contributed by atoms with Gasteiger partial charge in [0.05, 0.1) is 7.11 Å². The molecule has 6 nitrogen and oxygen atoms in total. The number of anilines is 1. The van der Waals surface area contributed by atoms with Gasteiger partial charge in [0.15, 0.2) is 4.34 Å². The third-order valence-corrected chi connectivity index (χ3v) is 4.75. The minimum atomic E-state index is -0.386. The smallest absolute Gasteiger partial charge is 0.336 e. The topological polar surface area (TPSA) is 91.2 Å². The van der Waals surface area contributed by atoms with Gasteiger partial charge in [-0.3, -0.25) is 0 Å². The molecular formula is C13H11N3O3S2. The van der Waals surface area contributed by atoms with E-state index < -0.39 is 0 Å². The number of nitrogen functional groups attached to an aromatic ring is 1. The Bertz CT molecular complexity index is 844. The third kappa shape index (κ3) is 3.01. The Labute approximate surface area is 127 Å². The highest BCUT2D eigenvalue weighted by Gasteiger charge is 2.09. The van der Waals surface area contributed by atoms with E-state index in [9.17, 15) is 4.79 Å². The second kappa shape index (κ2) is 5.74. The molecule has 0 aliphatic rings.